The van der Waals surface area contributed by atoms with Crippen LogP contribution in [0.5, 0.6) is 0 Å². The van der Waals surface area contributed by atoms with Crippen LogP contribution < -0.4 is 0 Å². The van der Waals surface area contributed by atoms with Crippen molar-refractivity contribution in [2.75, 3.05) is 26.8 Å². The fourth-order valence-corrected chi connectivity index (χ4v) is 2.26. The number of methoxy groups -OCH3 is 1. The van der Waals surface area contributed by atoms with Crippen LogP contribution in [0.4, 0.5) is 0 Å². The average Bonchev–Trinajstić information content (AvgIpc) is 3.00. The molecule has 122 valence electrons. The molecule has 0 aliphatic rings. The molecule has 0 saturated heterocycles. The van der Waals surface area contributed by atoms with Crippen molar-refractivity contribution >= 4 is 23.5 Å². The van der Waals surface area contributed by atoms with Gasteiger partial charge in [-0.05, 0) is 12.1 Å². The summed E-state index contributed by atoms with van der Waals surface area (Å²) in [5, 5.41) is 16.1. The van der Waals surface area contributed by atoms with E-state index in [0.717, 1.165) is 0 Å². The molecule has 0 aliphatic carbocycles. The van der Waals surface area contributed by atoms with Crippen molar-refractivity contribution in [2.45, 2.75) is 0 Å². The number of aliphatic carboxylic acids is 1. The van der Waals surface area contributed by atoms with Crippen molar-refractivity contribution < 1.29 is 19.4 Å². The molecule has 0 fully saturated rings. The first-order valence-corrected chi connectivity index (χ1v) is 7.21. The van der Waals surface area contributed by atoms with Crippen LogP contribution >= 0.6 is 11.6 Å². The number of carboxylic acids is 1. The molecule has 2 N–H and O–H groups in total. The van der Waals surface area contributed by atoms with Crippen molar-refractivity contribution in [2.24, 2.45) is 0 Å². The highest BCUT2D eigenvalue weighted by atomic mass is 35.5. The summed E-state index contributed by atoms with van der Waals surface area (Å²) in [4.78, 5) is 24.5. The van der Waals surface area contributed by atoms with Gasteiger partial charge in [0.2, 0.25) is 0 Å². The average molecular weight is 338 g/mol. The van der Waals surface area contributed by atoms with Crippen LogP contribution in [0.15, 0.2) is 30.3 Å². The van der Waals surface area contributed by atoms with E-state index in [1.165, 1.54) is 12.0 Å². The van der Waals surface area contributed by atoms with Crippen LogP contribution in [-0.2, 0) is 9.53 Å². The Morgan fingerprint density at radius 1 is 1.39 bits per heavy atom. The van der Waals surface area contributed by atoms with E-state index in [4.69, 9.17) is 21.4 Å². The van der Waals surface area contributed by atoms with Gasteiger partial charge in [-0.3, -0.25) is 14.7 Å². The number of ether oxygens (including phenoxy) is 1. The molecule has 2 aromatic rings. The highest BCUT2D eigenvalue weighted by Crippen LogP contribution is 2.26. The number of aromatic nitrogens is 2. The zero-order valence-electron chi connectivity index (χ0n) is 12.5. The van der Waals surface area contributed by atoms with E-state index in [1.54, 1.807) is 24.3 Å². The van der Waals surface area contributed by atoms with Crippen molar-refractivity contribution in [1.82, 2.24) is 15.1 Å². The summed E-state index contributed by atoms with van der Waals surface area (Å²) in [5.41, 5.74) is 1.39. The topological polar surface area (TPSA) is 95.5 Å². The van der Waals surface area contributed by atoms with Crippen LogP contribution in [0, 0.1) is 0 Å². The second-order valence-corrected chi connectivity index (χ2v) is 5.17. The van der Waals surface area contributed by atoms with Crippen molar-refractivity contribution in [3.63, 3.8) is 0 Å². The molecule has 0 unspecified atom stereocenters. The summed E-state index contributed by atoms with van der Waals surface area (Å²) < 4.78 is 4.90. The van der Waals surface area contributed by atoms with Gasteiger partial charge in [0.15, 0.2) is 0 Å². The molecule has 8 heteroatoms. The van der Waals surface area contributed by atoms with Gasteiger partial charge in [-0.15, -0.1) is 0 Å². The number of carbonyl (C=O) groups excluding carboxylic acids is 1. The third kappa shape index (κ3) is 4.30. The summed E-state index contributed by atoms with van der Waals surface area (Å²) in [6, 6.07) is 8.66. The maximum Gasteiger partial charge on any atom is 0.323 e. The fraction of sp³-hybridized carbons (Fsp3) is 0.267. The van der Waals surface area contributed by atoms with Crippen LogP contribution in [0.3, 0.4) is 0 Å². The van der Waals surface area contributed by atoms with Crippen molar-refractivity contribution in [3.05, 3.63) is 41.0 Å². The molecule has 1 aromatic heterocycles. The van der Waals surface area contributed by atoms with Gasteiger partial charge >= 0.3 is 5.97 Å². The van der Waals surface area contributed by atoms with E-state index in [0.29, 0.717) is 16.3 Å². The lowest BCUT2D eigenvalue weighted by atomic mass is 10.1. The van der Waals surface area contributed by atoms with E-state index < -0.39 is 18.4 Å². The predicted molar refractivity (Wildman–Crippen MR) is 84.4 cm³/mol. The molecule has 1 amide bonds. The highest BCUT2D eigenvalue weighted by molar-refractivity contribution is 6.33. The normalized spacial score (nSPS) is 10.5. The smallest absolute Gasteiger partial charge is 0.323 e. The van der Waals surface area contributed by atoms with Gasteiger partial charge < -0.3 is 14.7 Å². The monoisotopic (exact) mass is 337 g/mol. The van der Waals surface area contributed by atoms with Gasteiger partial charge in [-0.1, -0.05) is 29.8 Å². The van der Waals surface area contributed by atoms with Crippen LogP contribution in [0.1, 0.15) is 10.5 Å². The number of rotatable bonds is 7. The number of hydrogen-bond donors (Lipinski definition) is 2. The summed E-state index contributed by atoms with van der Waals surface area (Å²) in [7, 11) is 1.48. The Hall–Kier alpha value is -2.38. The summed E-state index contributed by atoms with van der Waals surface area (Å²) >= 11 is 6.10. The Morgan fingerprint density at radius 2 is 2.13 bits per heavy atom. The Bertz CT molecular complexity index is 702. The molecule has 0 aliphatic heterocycles. The zero-order valence-corrected chi connectivity index (χ0v) is 13.2. The van der Waals surface area contributed by atoms with Gasteiger partial charge in [0, 0.05) is 19.2 Å². The van der Waals surface area contributed by atoms with Gasteiger partial charge in [0.25, 0.3) is 5.91 Å². The lowest BCUT2D eigenvalue weighted by Crippen LogP contribution is -2.38. The molecule has 23 heavy (non-hydrogen) atoms. The molecular formula is C15H16ClN3O4. The fourth-order valence-electron chi connectivity index (χ4n) is 2.03. The predicted octanol–water partition coefficient (Wildman–Crippen LogP) is 1.90. The third-order valence-electron chi connectivity index (χ3n) is 3.14. The van der Waals surface area contributed by atoms with Gasteiger partial charge in [-0.25, -0.2) is 0 Å². The summed E-state index contributed by atoms with van der Waals surface area (Å²) in [6.07, 6.45) is 0. The molecule has 0 atom stereocenters. The molecule has 1 aromatic carbocycles. The van der Waals surface area contributed by atoms with Crippen LogP contribution in [-0.4, -0.2) is 58.9 Å². The van der Waals surface area contributed by atoms with Crippen LogP contribution in [0.25, 0.3) is 11.3 Å². The molecule has 0 saturated carbocycles. The Labute approximate surface area is 137 Å². The lowest BCUT2D eigenvalue weighted by Gasteiger charge is -2.19. The number of nitrogens with one attached hydrogen (secondary N) is 1. The first-order valence-electron chi connectivity index (χ1n) is 6.83. The SMILES string of the molecule is COCCN(CC(=O)O)C(=O)c1cc(-c2ccccc2Cl)n[nH]1. The van der Waals surface area contributed by atoms with Crippen LogP contribution in [0.2, 0.25) is 5.02 Å². The Morgan fingerprint density at radius 3 is 2.78 bits per heavy atom. The maximum atomic E-state index is 12.4. The first-order chi connectivity index (χ1) is 11.0. The number of carbonyl (C=O) groups is 2. The van der Waals surface area contributed by atoms with E-state index in [1.807, 2.05) is 6.07 Å². The van der Waals surface area contributed by atoms with E-state index in [9.17, 15) is 9.59 Å². The number of nitrogens with zero attached hydrogens (tertiary/aromatic N) is 2. The standard InChI is InChI=1S/C15H16ClN3O4/c1-23-7-6-19(9-14(20)21)15(22)13-8-12(17-18-13)10-4-2-3-5-11(10)16/h2-5,8H,6-7,9H2,1H3,(H,17,18)(H,20,21). The number of amides is 1. The summed E-state index contributed by atoms with van der Waals surface area (Å²) in [6.45, 7) is -0.00471. The minimum atomic E-state index is -1.10. The number of carboxylic acid groups (broad SMARTS) is 1. The Kier molecular flexibility index (Phi) is 5.72. The number of halogens is 1. The first kappa shape index (κ1) is 17.0. The molecule has 0 bridgehead atoms. The number of aromatic amines is 1. The third-order valence-corrected chi connectivity index (χ3v) is 3.47. The van der Waals surface area contributed by atoms with Gasteiger partial charge in [0.1, 0.15) is 12.2 Å². The van der Waals surface area contributed by atoms with Gasteiger partial charge in [0.05, 0.1) is 17.3 Å². The minimum absolute atomic E-state index is 0.169. The second kappa shape index (κ2) is 7.75. The number of H-pyrrole nitrogens is 1. The molecule has 0 radical (unpaired) electrons. The molecule has 0 spiro atoms. The largest absolute Gasteiger partial charge is 0.480 e. The highest BCUT2D eigenvalue weighted by Gasteiger charge is 2.21. The number of hydrogen-bond acceptors (Lipinski definition) is 4. The van der Waals surface area contributed by atoms with Crippen molar-refractivity contribution in [3.8, 4) is 11.3 Å². The van der Waals surface area contributed by atoms with Gasteiger partial charge in [-0.2, -0.15) is 5.10 Å². The molecule has 2 rings (SSSR count). The quantitative estimate of drug-likeness (QED) is 0.804. The molecular weight excluding hydrogens is 322 g/mol. The summed E-state index contributed by atoms with van der Waals surface area (Å²) in [5.74, 6) is -1.56. The van der Waals surface area contributed by atoms with E-state index in [2.05, 4.69) is 10.2 Å². The minimum Gasteiger partial charge on any atom is -0.480 e. The number of benzene rings is 1. The Balaban J connectivity index is 2.22. The zero-order chi connectivity index (χ0) is 16.8. The second-order valence-electron chi connectivity index (χ2n) is 4.76. The maximum absolute atomic E-state index is 12.4. The lowest BCUT2D eigenvalue weighted by molar-refractivity contribution is -0.137. The molecule has 1 heterocycles. The molecule has 7 nitrogen and oxygen atoms in total. The van der Waals surface area contributed by atoms with E-state index in [-0.39, 0.29) is 18.8 Å². The van der Waals surface area contributed by atoms with Crippen molar-refractivity contribution in [1.29, 1.82) is 0 Å². The van der Waals surface area contributed by atoms with E-state index >= 15 is 0 Å².